The molecule has 0 amide bonds. The molecule has 0 saturated carbocycles. The zero-order chi connectivity index (χ0) is 16.1. The van der Waals surface area contributed by atoms with E-state index in [1.54, 1.807) is 12.1 Å². The number of nitrogens with zero attached hydrogens (tertiary/aromatic N) is 1. The number of likely N-dealkylation sites (tertiary alicyclic amines) is 1. The molecule has 0 aliphatic carbocycles. The number of piperidine rings is 1. The van der Waals surface area contributed by atoms with Gasteiger partial charge in [-0.15, -0.1) is 0 Å². The van der Waals surface area contributed by atoms with Crippen molar-refractivity contribution in [1.29, 1.82) is 0 Å². The van der Waals surface area contributed by atoms with E-state index >= 15 is 0 Å². The largest absolute Gasteiger partial charge is 0.387 e. The van der Waals surface area contributed by atoms with Crippen LogP contribution in [-0.2, 0) is 0 Å². The monoisotopic (exact) mass is 314 g/mol. The molecule has 1 saturated heterocycles. The molecule has 1 fully saturated rings. The SMILES string of the molecule is OC(CN1CCC(Nc2ccccc2F)CC1)c1ccccc1. The maximum Gasteiger partial charge on any atom is 0.146 e. The average Bonchev–Trinajstić information content (AvgIpc) is 2.59. The molecule has 1 aliphatic heterocycles. The van der Waals surface area contributed by atoms with Crippen molar-refractivity contribution in [2.24, 2.45) is 0 Å². The number of benzene rings is 2. The molecule has 0 bridgehead atoms. The number of hydrogen-bond donors (Lipinski definition) is 2. The van der Waals surface area contributed by atoms with Crippen molar-refractivity contribution in [2.75, 3.05) is 25.0 Å². The van der Waals surface area contributed by atoms with Crippen LogP contribution in [0.25, 0.3) is 0 Å². The van der Waals surface area contributed by atoms with Gasteiger partial charge >= 0.3 is 0 Å². The summed E-state index contributed by atoms with van der Waals surface area (Å²) in [5.41, 5.74) is 1.54. The van der Waals surface area contributed by atoms with Gasteiger partial charge in [0.15, 0.2) is 0 Å². The maximum atomic E-state index is 13.7. The first-order valence-electron chi connectivity index (χ1n) is 8.19. The molecule has 1 unspecified atom stereocenters. The van der Waals surface area contributed by atoms with Gasteiger partial charge in [0.25, 0.3) is 0 Å². The third kappa shape index (κ3) is 4.30. The molecule has 0 aromatic heterocycles. The van der Waals surface area contributed by atoms with Crippen LogP contribution in [0.15, 0.2) is 54.6 Å². The van der Waals surface area contributed by atoms with Crippen molar-refractivity contribution >= 4 is 5.69 Å². The molecule has 23 heavy (non-hydrogen) atoms. The predicted octanol–water partition coefficient (Wildman–Crippen LogP) is 3.44. The number of halogens is 1. The van der Waals surface area contributed by atoms with Gasteiger partial charge in [-0.2, -0.15) is 0 Å². The van der Waals surface area contributed by atoms with Gasteiger partial charge in [0, 0.05) is 25.7 Å². The molecule has 1 atom stereocenters. The quantitative estimate of drug-likeness (QED) is 0.887. The van der Waals surface area contributed by atoms with E-state index in [1.165, 1.54) is 6.07 Å². The third-order valence-electron chi connectivity index (χ3n) is 4.44. The van der Waals surface area contributed by atoms with E-state index < -0.39 is 6.10 Å². The Morgan fingerprint density at radius 3 is 2.39 bits per heavy atom. The molecule has 122 valence electrons. The molecule has 3 rings (SSSR count). The van der Waals surface area contributed by atoms with Crippen LogP contribution in [0.5, 0.6) is 0 Å². The Hall–Kier alpha value is -1.91. The Kier molecular flexibility index (Phi) is 5.26. The summed E-state index contributed by atoms with van der Waals surface area (Å²) >= 11 is 0. The minimum absolute atomic E-state index is 0.200. The summed E-state index contributed by atoms with van der Waals surface area (Å²) in [7, 11) is 0. The number of para-hydroxylation sites is 1. The molecule has 2 N–H and O–H groups in total. The fourth-order valence-electron chi connectivity index (χ4n) is 3.08. The summed E-state index contributed by atoms with van der Waals surface area (Å²) in [5.74, 6) is -0.200. The smallest absolute Gasteiger partial charge is 0.146 e. The van der Waals surface area contributed by atoms with Gasteiger partial charge in [0.05, 0.1) is 11.8 Å². The number of anilines is 1. The van der Waals surface area contributed by atoms with Crippen LogP contribution in [0.2, 0.25) is 0 Å². The number of hydrogen-bond acceptors (Lipinski definition) is 3. The summed E-state index contributed by atoms with van der Waals surface area (Å²) in [4.78, 5) is 2.27. The van der Waals surface area contributed by atoms with Crippen molar-refractivity contribution in [3.63, 3.8) is 0 Å². The maximum absolute atomic E-state index is 13.7. The molecule has 0 spiro atoms. The Morgan fingerprint density at radius 2 is 1.70 bits per heavy atom. The van der Waals surface area contributed by atoms with Gasteiger partial charge in [-0.25, -0.2) is 4.39 Å². The molecule has 4 heteroatoms. The normalized spacial score (nSPS) is 17.8. The standard InChI is InChI=1S/C19H23FN2O/c20-17-8-4-5-9-18(17)21-16-10-12-22(13-11-16)14-19(23)15-6-2-1-3-7-15/h1-9,16,19,21,23H,10-14H2. The van der Waals surface area contributed by atoms with E-state index in [0.29, 0.717) is 12.2 Å². The first kappa shape index (κ1) is 16.0. The predicted molar refractivity (Wildman–Crippen MR) is 90.9 cm³/mol. The fourth-order valence-corrected chi connectivity index (χ4v) is 3.08. The Labute approximate surface area is 136 Å². The van der Waals surface area contributed by atoms with Crippen LogP contribution in [0.4, 0.5) is 10.1 Å². The second-order valence-corrected chi connectivity index (χ2v) is 6.13. The van der Waals surface area contributed by atoms with Crippen LogP contribution in [-0.4, -0.2) is 35.7 Å². The first-order valence-corrected chi connectivity index (χ1v) is 8.19. The summed E-state index contributed by atoms with van der Waals surface area (Å²) < 4.78 is 13.7. The van der Waals surface area contributed by atoms with E-state index in [4.69, 9.17) is 0 Å². The second kappa shape index (κ2) is 7.57. The highest BCUT2D eigenvalue weighted by Crippen LogP contribution is 2.21. The lowest BCUT2D eigenvalue weighted by molar-refractivity contribution is 0.0991. The number of aliphatic hydroxyl groups excluding tert-OH is 1. The van der Waals surface area contributed by atoms with Crippen LogP contribution in [0.3, 0.4) is 0 Å². The number of nitrogens with one attached hydrogen (secondary N) is 1. The topological polar surface area (TPSA) is 35.5 Å². The highest BCUT2D eigenvalue weighted by atomic mass is 19.1. The van der Waals surface area contributed by atoms with E-state index in [9.17, 15) is 9.50 Å². The molecule has 2 aromatic rings. The van der Waals surface area contributed by atoms with Gasteiger partial charge in [-0.05, 0) is 30.5 Å². The van der Waals surface area contributed by atoms with Gasteiger partial charge in [0.1, 0.15) is 5.82 Å². The fraction of sp³-hybridized carbons (Fsp3) is 0.368. The molecule has 3 nitrogen and oxygen atoms in total. The molecule has 0 radical (unpaired) electrons. The lowest BCUT2D eigenvalue weighted by atomic mass is 10.0. The van der Waals surface area contributed by atoms with Crippen molar-refractivity contribution < 1.29 is 9.50 Å². The third-order valence-corrected chi connectivity index (χ3v) is 4.44. The zero-order valence-corrected chi connectivity index (χ0v) is 13.2. The average molecular weight is 314 g/mol. The number of rotatable bonds is 5. The Bertz CT molecular complexity index is 612. The lowest BCUT2D eigenvalue weighted by Crippen LogP contribution is -2.41. The van der Waals surface area contributed by atoms with Crippen molar-refractivity contribution in [3.05, 3.63) is 66.0 Å². The second-order valence-electron chi connectivity index (χ2n) is 6.13. The first-order chi connectivity index (χ1) is 11.2. The number of β-amino-alcohol motifs (C(OH)–C–C–N with tert-alkyl or cyclic N) is 1. The Morgan fingerprint density at radius 1 is 1.04 bits per heavy atom. The van der Waals surface area contributed by atoms with Crippen LogP contribution < -0.4 is 5.32 Å². The van der Waals surface area contributed by atoms with Gasteiger partial charge in [-0.1, -0.05) is 42.5 Å². The molecular formula is C19H23FN2O. The van der Waals surface area contributed by atoms with E-state index in [1.807, 2.05) is 36.4 Å². The molecule has 2 aromatic carbocycles. The van der Waals surface area contributed by atoms with Gasteiger partial charge < -0.3 is 15.3 Å². The minimum atomic E-state index is -0.452. The summed E-state index contributed by atoms with van der Waals surface area (Å²) in [5, 5.41) is 13.6. The van der Waals surface area contributed by atoms with Crippen molar-refractivity contribution in [2.45, 2.75) is 25.0 Å². The lowest BCUT2D eigenvalue weighted by Gasteiger charge is -2.34. The Balaban J connectivity index is 1.48. The minimum Gasteiger partial charge on any atom is -0.387 e. The number of aliphatic hydroxyl groups is 1. The van der Waals surface area contributed by atoms with Crippen LogP contribution in [0, 0.1) is 5.82 Å². The summed E-state index contributed by atoms with van der Waals surface area (Å²) in [6.45, 7) is 2.47. The van der Waals surface area contributed by atoms with Crippen molar-refractivity contribution in [1.82, 2.24) is 4.90 Å². The summed E-state index contributed by atoms with van der Waals surface area (Å²) in [6, 6.07) is 16.9. The van der Waals surface area contributed by atoms with Crippen molar-refractivity contribution in [3.8, 4) is 0 Å². The van der Waals surface area contributed by atoms with E-state index in [0.717, 1.165) is 31.5 Å². The molecule has 1 aliphatic rings. The summed E-state index contributed by atoms with van der Waals surface area (Å²) in [6.07, 6.45) is 1.46. The van der Waals surface area contributed by atoms with E-state index in [-0.39, 0.29) is 11.9 Å². The van der Waals surface area contributed by atoms with E-state index in [2.05, 4.69) is 10.2 Å². The van der Waals surface area contributed by atoms with Crippen LogP contribution >= 0.6 is 0 Å². The van der Waals surface area contributed by atoms with Gasteiger partial charge in [0.2, 0.25) is 0 Å². The highest BCUT2D eigenvalue weighted by Gasteiger charge is 2.21. The highest BCUT2D eigenvalue weighted by molar-refractivity contribution is 5.45. The molecular weight excluding hydrogens is 291 g/mol. The molecule has 1 heterocycles. The van der Waals surface area contributed by atoms with Gasteiger partial charge in [-0.3, -0.25) is 0 Å². The van der Waals surface area contributed by atoms with Crippen LogP contribution in [0.1, 0.15) is 24.5 Å². The zero-order valence-electron chi connectivity index (χ0n) is 13.2.